The lowest BCUT2D eigenvalue weighted by molar-refractivity contribution is -0.0530. The lowest BCUT2D eigenvalue weighted by atomic mass is 9.76. The van der Waals surface area contributed by atoms with E-state index in [1.807, 2.05) is 13.8 Å². The highest BCUT2D eigenvalue weighted by atomic mass is 19.2. The van der Waals surface area contributed by atoms with Gasteiger partial charge in [0.1, 0.15) is 17.7 Å². The summed E-state index contributed by atoms with van der Waals surface area (Å²) in [5.41, 5.74) is 0.957. The van der Waals surface area contributed by atoms with Gasteiger partial charge in [-0.25, -0.2) is 17.6 Å². The number of alkyl halides is 2. The molecule has 1 aromatic carbocycles. The van der Waals surface area contributed by atoms with Crippen LogP contribution in [0.15, 0.2) is 23.8 Å². The zero-order valence-corrected chi connectivity index (χ0v) is 25.2. The molecule has 4 unspecified atom stereocenters. The van der Waals surface area contributed by atoms with Crippen LogP contribution in [0.1, 0.15) is 159 Å². The van der Waals surface area contributed by atoms with Gasteiger partial charge in [-0.2, -0.15) is 0 Å². The second kappa shape index (κ2) is 14.4. The number of hydrogen-bond acceptors (Lipinski definition) is 1. The molecule has 4 rings (SSSR count). The smallest absolute Gasteiger partial charge is 0.194 e. The first-order valence-electron chi connectivity index (χ1n) is 15.9. The van der Waals surface area contributed by atoms with Crippen LogP contribution in [0, 0.1) is 5.92 Å². The van der Waals surface area contributed by atoms with Crippen molar-refractivity contribution < 1.29 is 22.3 Å². The Labute approximate surface area is 235 Å². The molecule has 2 fully saturated rings. The van der Waals surface area contributed by atoms with Crippen LogP contribution in [0.2, 0.25) is 0 Å². The Kier molecular flexibility index (Phi) is 11.8. The van der Waals surface area contributed by atoms with Crippen LogP contribution in [0.4, 0.5) is 17.6 Å². The fraction of sp³-hybridized carbons (Fsp3) is 0.765. The van der Waals surface area contributed by atoms with E-state index in [2.05, 4.69) is 26.0 Å². The lowest BCUT2D eigenvalue weighted by Gasteiger charge is -2.41. The van der Waals surface area contributed by atoms with Crippen LogP contribution < -0.4 is 4.74 Å². The van der Waals surface area contributed by atoms with E-state index in [4.69, 9.17) is 4.74 Å². The maximum Gasteiger partial charge on any atom is 0.194 e. The van der Waals surface area contributed by atoms with Crippen molar-refractivity contribution in [3.05, 3.63) is 40.5 Å². The molecule has 222 valence electrons. The maximum absolute atomic E-state index is 15.6. The van der Waals surface area contributed by atoms with Gasteiger partial charge in [0.05, 0.1) is 0 Å². The molecule has 0 aliphatic heterocycles. The van der Waals surface area contributed by atoms with Gasteiger partial charge >= 0.3 is 0 Å². The second-order valence-corrected chi connectivity index (χ2v) is 12.1. The molecule has 1 aromatic rings. The van der Waals surface area contributed by atoms with E-state index < -0.39 is 35.5 Å². The second-order valence-electron chi connectivity index (χ2n) is 12.1. The molecule has 0 N–H and O–H groups in total. The Hall–Kier alpha value is -1.52. The van der Waals surface area contributed by atoms with Crippen molar-refractivity contribution >= 4 is 0 Å². The summed E-state index contributed by atoms with van der Waals surface area (Å²) in [5, 5.41) is 0. The van der Waals surface area contributed by atoms with E-state index in [0.29, 0.717) is 11.7 Å². The summed E-state index contributed by atoms with van der Waals surface area (Å²) >= 11 is 0. The molecule has 5 heteroatoms. The van der Waals surface area contributed by atoms with Crippen LogP contribution >= 0.6 is 0 Å². The predicted molar refractivity (Wildman–Crippen MR) is 155 cm³/mol. The van der Waals surface area contributed by atoms with Crippen LogP contribution in [0.5, 0.6) is 5.75 Å². The normalized spacial score (nSPS) is 29.5. The Morgan fingerprint density at radius 2 is 1.46 bits per heavy atom. The van der Waals surface area contributed by atoms with Crippen molar-refractivity contribution in [2.24, 2.45) is 5.92 Å². The van der Waals surface area contributed by atoms with Gasteiger partial charge in [-0.1, -0.05) is 91.7 Å². The van der Waals surface area contributed by atoms with Crippen molar-refractivity contribution in [3.63, 3.8) is 0 Å². The Morgan fingerprint density at radius 3 is 2.00 bits per heavy atom. The first-order valence-corrected chi connectivity index (χ1v) is 15.9. The monoisotopic (exact) mass is 552 g/mol. The molecule has 3 aliphatic rings. The molecule has 39 heavy (non-hydrogen) atoms. The number of halogens is 4. The van der Waals surface area contributed by atoms with E-state index in [1.165, 1.54) is 45.1 Å². The fourth-order valence-electron chi connectivity index (χ4n) is 7.00. The largest absolute Gasteiger partial charge is 0.477 e. The van der Waals surface area contributed by atoms with E-state index >= 15 is 8.78 Å². The van der Waals surface area contributed by atoms with Gasteiger partial charge in [-0.3, -0.25) is 0 Å². The molecule has 5 atom stereocenters. The lowest BCUT2D eigenvalue weighted by Crippen LogP contribution is -2.53. The van der Waals surface area contributed by atoms with Crippen LogP contribution in [0.25, 0.3) is 0 Å². The minimum atomic E-state index is -2.33. The number of rotatable bonds is 8. The minimum absolute atomic E-state index is 0.160. The third-order valence-electron chi connectivity index (χ3n) is 9.50. The first kappa shape index (κ1) is 32.0. The van der Waals surface area contributed by atoms with Gasteiger partial charge in [0, 0.05) is 5.92 Å². The molecular weight excluding hydrogens is 500 g/mol. The third kappa shape index (κ3) is 6.70. The molecule has 0 spiro atoms. The van der Waals surface area contributed by atoms with Crippen molar-refractivity contribution in [1.82, 2.24) is 0 Å². The number of benzene rings is 1. The fourth-order valence-corrected chi connectivity index (χ4v) is 7.00. The average Bonchev–Trinajstić information content (AvgIpc) is 2.99. The van der Waals surface area contributed by atoms with Gasteiger partial charge in [0.25, 0.3) is 0 Å². The summed E-state index contributed by atoms with van der Waals surface area (Å²) in [6.45, 7) is 10.7. The summed E-state index contributed by atoms with van der Waals surface area (Å²) < 4.78 is 67.1. The molecule has 0 saturated heterocycles. The van der Waals surface area contributed by atoms with Gasteiger partial charge in [-0.15, -0.1) is 0 Å². The average molecular weight is 553 g/mol. The van der Waals surface area contributed by atoms with Crippen molar-refractivity contribution in [1.29, 1.82) is 0 Å². The molecule has 0 bridgehead atoms. The van der Waals surface area contributed by atoms with Crippen LogP contribution in [-0.4, -0.2) is 17.9 Å². The molecule has 0 aromatic heterocycles. The molecular formula is C34H52F4O. The molecule has 3 aliphatic carbocycles. The Balaban J connectivity index is 0.00000205. The highest BCUT2D eigenvalue weighted by Gasteiger charge is 2.55. The summed E-state index contributed by atoms with van der Waals surface area (Å²) in [5.74, 6) is -2.64. The summed E-state index contributed by atoms with van der Waals surface area (Å²) in [7, 11) is 0. The Morgan fingerprint density at radius 1 is 0.897 bits per heavy atom. The summed E-state index contributed by atoms with van der Waals surface area (Å²) in [6, 6.07) is 4.45. The highest BCUT2D eigenvalue weighted by molar-refractivity contribution is 5.51. The van der Waals surface area contributed by atoms with E-state index in [0.717, 1.165) is 68.9 Å². The van der Waals surface area contributed by atoms with Gasteiger partial charge in [-0.05, 0) is 79.9 Å². The quantitative estimate of drug-likeness (QED) is 0.291. The zero-order chi connectivity index (χ0) is 28.7. The standard InChI is InChI=1S/C32H46F4O.C2H6/c1-5-13-21(6-2)25-18-24(22-14-9-7-10-15-22)19-26(23-16-11-8-12-17-23)29(25)37-32(4)30(35)27(33)20(3)28(34)31(32)36;1-2/h18-23,27,30H,5-17H2,1-4H3;1-2H3/t20?,21?,27?,30?,32-;/m1./s1. The van der Waals surface area contributed by atoms with Gasteiger partial charge in [0.2, 0.25) is 0 Å². The summed E-state index contributed by atoms with van der Waals surface area (Å²) in [4.78, 5) is 0. The molecule has 0 radical (unpaired) electrons. The predicted octanol–water partition coefficient (Wildman–Crippen LogP) is 11.7. The number of hydrogen-bond donors (Lipinski definition) is 0. The van der Waals surface area contributed by atoms with Crippen molar-refractivity contribution in [2.45, 2.75) is 161 Å². The van der Waals surface area contributed by atoms with Crippen molar-refractivity contribution in [2.75, 3.05) is 0 Å². The minimum Gasteiger partial charge on any atom is -0.477 e. The first-order chi connectivity index (χ1) is 18.7. The van der Waals surface area contributed by atoms with E-state index in [-0.39, 0.29) is 11.8 Å². The Bertz CT molecular complexity index is 921. The topological polar surface area (TPSA) is 9.23 Å². The van der Waals surface area contributed by atoms with E-state index in [9.17, 15) is 8.78 Å². The number of allylic oxidation sites excluding steroid dienone is 1. The van der Waals surface area contributed by atoms with Gasteiger partial charge in [0.15, 0.2) is 17.6 Å². The SMILES string of the molecule is CC.CCCC(CC)c1cc(C2CCCCC2)cc(C2CCCCC2)c1O[C@@]1(C)C(F)=C(F)C(C)C(F)C1F. The van der Waals surface area contributed by atoms with Gasteiger partial charge < -0.3 is 4.74 Å². The zero-order valence-electron chi connectivity index (χ0n) is 25.2. The van der Waals surface area contributed by atoms with Crippen molar-refractivity contribution in [3.8, 4) is 5.75 Å². The van der Waals surface area contributed by atoms with E-state index in [1.54, 1.807) is 0 Å². The molecule has 0 heterocycles. The third-order valence-corrected chi connectivity index (χ3v) is 9.50. The number of ether oxygens (including phenoxy) is 1. The van der Waals surface area contributed by atoms with Crippen LogP contribution in [0.3, 0.4) is 0 Å². The van der Waals surface area contributed by atoms with Crippen LogP contribution in [-0.2, 0) is 0 Å². The summed E-state index contributed by atoms with van der Waals surface area (Å²) in [6.07, 6.45) is 9.72. The molecule has 2 saturated carbocycles. The molecule has 1 nitrogen and oxygen atoms in total. The highest BCUT2D eigenvalue weighted by Crippen LogP contribution is 2.50. The maximum atomic E-state index is 15.6. The molecule has 0 amide bonds.